The second kappa shape index (κ2) is 6.70. The van der Waals surface area contributed by atoms with Gasteiger partial charge in [-0.25, -0.2) is 0 Å². The Morgan fingerprint density at radius 1 is 1.20 bits per heavy atom. The van der Waals surface area contributed by atoms with Gasteiger partial charge < -0.3 is 10.5 Å². The van der Waals surface area contributed by atoms with E-state index in [9.17, 15) is 0 Å². The van der Waals surface area contributed by atoms with E-state index < -0.39 is 0 Å². The standard InChI is InChI=1S/C17H28N2O/c1-12(2)15-5-7-16(8-6-15)17(18)10-19-9-14(4)20-11-13(19)3/h5-8,12-14,17H,9-11,18H2,1-4H3. The van der Waals surface area contributed by atoms with Gasteiger partial charge in [0.1, 0.15) is 0 Å². The molecule has 3 heteroatoms. The molecule has 0 radical (unpaired) electrons. The Balaban J connectivity index is 1.98. The van der Waals surface area contributed by atoms with E-state index >= 15 is 0 Å². The third-order valence-corrected chi connectivity index (χ3v) is 4.20. The Morgan fingerprint density at radius 2 is 1.80 bits per heavy atom. The molecule has 0 spiro atoms. The Labute approximate surface area is 123 Å². The van der Waals surface area contributed by atoms with Gasteiger partial charge in [-0.3, -0.25) is 4.90 Å². The lowest BCUT2D eigenvalue weighted by Gasteiger charge is -2.38. The fourth-order valence-electron chi connectivity index (χ4n) is 2.71. The van der Waals surface area contributed by atoms with Crippen LogP contribution < -0.4 is 5.73 Å². The molecule has 2 N–H and O–H groups in total. The molecule has 0 aromatic heterocycles. The zero-order valence-electron chi connectivity index (χ0n) is 13.2. The molecule has 1 fully saturated rings. The summed E-state index contributed by atoms with van der Waals surface area (Å²) >= 11 is 0. The summed E-state index contributed by atoms with van der Waals surface area (Å²) in [4.78, 5) is 2.44. The molecule has 1 aliphatic rings. The number of morpholine rings is 1. The Bertz CT molecular complexity index is 416. The summed E-state index contributed by atoms with van der Waals surface area (Å²) in [5.74, 6) is 0.570. The van der Waals surface area contributed by atoms with Crippen LogP contribution in [0.3, 0.4) is 0 Å². The van der Waals surface area contributed by atoms with Crippen molar-refractivity contribution in [1.82, 2.24) is 4.90 Å². The van der Waals surface area contributed by atoms with E-state index in [2.05, 4.69) is 56.9 Å². The number of benzene rings is 1. The highest BCUT2D eigenvalue weighted by Crippen LogP contribution is 2.20. The van der Waals surface area contributed by atoms with Gasteiger partial charge >= 0.3 is 0 Å². The van der Waals surface area contributed by atoms with E-state index in [1.165, 1.54) is 11.1 Å². The molecule has 2 rings (SSSR count). The quantitative estimate of drug-likeness (QED) is 0.919. The number of nitrogens with zero attached hydrogens (tertiary/aromatic N) is 1. The number of nitrogens with two attached hydrogens (primary N) is 1. The molecular weight excluding hydrogens is 248 g/mol. The van der Waals surface area contributed by atoms with Crippen molar-refractivity contribution in [3.63, 3.8) is 0 Å². The molecule has 1 heterocycles. The summed E-state index contributed by atoms with van der Waals surface area (Å²) in [7, 11) is 0. The first kappa shape index (κ1) is 15.5. The second-order valence-corrected chi connectivity index (χ2v) is 6.37. The summed E-state index contributed by atoms with van der Waals surface area (Å²) in [6, 6.07) is 9.27. The van der Waals surface area contributed by atoms with E-state index in [-0.39, 0.29) is 6.04 Å². The van der Waals surface area contributed by atoms with Crippen molar-refractivity contribution >= 4 is 0 Å². The maximum atomic E-state index is 6.38. The first-order valence-electron chi connectivity index (χ1n) is 7.68. The summed E-state index contributed by atoms with van der Waals surface area (Å²) in [5.41, 5.74) is 8.97. The lowest BCUT2D eigenvalue weighted by Crippen LogP contribution is -2.49. The SMILES string of the molecule is CC1CN(CC(N)c2ccc(C(C)C)cc2)C(C)CO1. The normalized spacial score (nSPS) is 25.9. The van der Waals surface area contributed by atoms with Crippen molar-refractivity contribution in [3.05, 3.63) is 35.4 Å². The van der Waals surface area contributed by atoms with Crippen molar-refractivity contribution in [3.8, 4) is 0 Å². The summed E-state index contributed by atoms with van der Waals surface area (Å²) in [5, 5.41) is 0. The minimum atomic E-state index is 0.0731. The molecule has 0 aliphatic carbocycles. The van der Waals surface area contributed by atoms with Crippen molar-refractivity contribution in [2.75, 3.05) is 19.7 Å². The van der Waals surface area contributed by atoms with Crippen LogP contribution in [0.4, 0.5) is 0 Å². The van der Waals surface area contributed by atoms with Crippen LogP contribution in [0.5, 0.6) is 0 Å². The first-order valence-corrected chi connectivity index (χ1v) is 7.68. The van der Waals surface area contributed by atoms with Crippen molar-refractivity contribution in [2.45, 2.75) is 51.8 Å². The Kier molecular flexibility index (Phi) is 5.19. The maximum Gasteiger partial charge on any atom is 0.0674 e. The average Bonchev–Trinajstić information content (AvgIpc) is 2.43. The smallest absolute Gasteiger partial charge is 0.0674 e. The molecule has 1 aromatic carbocycles. The fourth-order valence-corrected chi connectivity index (χ4v) is 2.71. The largest absolute Gasteiger partial charge is 0.376 e. The van der Waals surface area contributed by atoms with Crippen molar-refractivity contribution < 1.29 is 4.74 Å². The predicted molar refractivity (Wildman–Crippen MR) is 83.9 cm³/mol. The molecule has 0 saturated carbocycles. The second-order valence-electron chi connectivity index (χ2n) is 6.37. The number of rotatable bonds is 4. The molecule has 1 aliphatic heterocycles. The number of ether oxygens (including phenoxy) is 1. The highest BCUT2D eigenvalue weighted by atomic mass is 16.5. The first-order chi connectivity index (χ1) is 9.47. The lowest BCUT2D eigenvalue weighted by molar-refractivity contribution is -0.0510. The van der Waals surface area contributed by atoms with Gasteiger partial charge in [0.2, 0.25) is 0 Å². The Morgan fingerprint density at radius 3 is 2.40 bits per heavy atom. The van der Waals surface area contributed by atoms with E-state index in [1.807, 2.05) is 0 Å². The monoisotopic (exact) mass is 276 g/mol. The molecule has 3 atom stereocenters. The van der Waals surface area contributed by atoms with Gasteiger partial charge in [-0.15, -0.1) is 0 Å². The zero-order chi connectivity index (χ0) is 14.7. The van der Waals surface area contributed by atoms with Gasteiger partial charge in [0.25, 0.3) is 0 Å². The minimum absolute atomic E-state index is 0.0731. The van der Waals surface area contributed by atoms with Crippen LogP contribution in [0.1, 0.15) is 50.8 Å². The van der Waals surface area contributed by atoms with Gasteiger partial charge in [0.15, 0.2) is 0 Å². The van der Waals surface area contributed by atoms with Crippen LogP contribution in [-0.4, -0.2) is 36.7 Å². The van der Waals surface area contributed by atoms with Crippen molar-refractivity contribution in [2.24, 2.45) is 5.73 Å². The van der Waals surface area contributed by atoms with Crippen LogP contribution in [0.2, 0.25) is 0 Å². The van der Waals surface area contributed by atoms with Crippen LogP contribution in [0, 0.1) is 0 Å². The van der Waals surface area contributed by atoms with Crippen LogP contribution in [0.25, 0.3) is 0 Å². The molecular formula is C17H28N2O. The predicted octanol–water partition coefficient (Wildman–Crippen LogP) is 2.92. The Hall–Kier alpha value is -0.900. The molecule has 0 amide bonds. The molecule has 3 unspecified atom stereocenters. The highest BCUT2D eigenvalue weighted by molar-refractivity contribution is 5.26. The van der Waals surface area contributed by atoms with E-state index in [1.54, 1.807) is 0 Å². The molecule has 0 bridgehead atoms. The van der Waals surface area contributed by atoms with Gasteiger partial charge in [-0.1, -0.05) is 38.1 Å². The van der Waals surface area contributed by atoms with Crippen LogP contribution >= 0.6 is 0 Å². The molecule has 112 valence electrons. The average molecular weight is 276 g/mol. The highest BCUT2D eigenvalue weighted by Gasteiger charge is 2.25. The molecule has 1 saturated heterocycles. The lowest BCUT2D eigenvalue weighted by atomic mass is 9.99. The summed E-state index contributed by atoms with van der Waals surface area (Å²) < 4.78 is 5.67. The van der Waals surface area contributed by atoms with Gasteiger partial charge in [-0.05, 0) is 30.9 Å². The van der Waals surface area contributed by atoms with E-state index in [0.29, 0.717) is 18.1 Å². The topological polar surface area (TPSA) is 38.5 Å². The number of hydrogen-bond donors (Lipinski definition) is 1. The molecule has 20 heavy (non-hydrogen) atoms. The molecule has 1 aromatic rings. The third kappa shape index (κ3) is 3.81. The fraction of sp³-hybridized carbons (Fsp3) is 0.647. The molecule has 3 nitrogen and oxygen atoms in total. The number of hydrogen-bond acceptors (Lipinski definition) is 3. The van der Waals surface area contributed by atoms with Crippen LogP contribution in [-0.2, 0) is 4.74 Å². The minimum Gasteiger partial charge on any atom is -0.376 e. The van der Waals surface area contributed by atoms with Gasteiger partial charge in [0.05, 0.1) is 12.7 Å². The van der Waals surface area contributed by atoms with Gasteiger partial charge in [-0.2, -0.15) is 0 Å². The zero-order valence-corrected chi connectivity index (χ0v) is 13.2. The third-order valence-electron chi connectivity index (χ3n) is 4.20. The summed E-state index contributed by atoms with van der Waals surface area (Å²) in [6.07, 6.45) is 0.307. The summed E-state index contributed by atoms with van der Waals surface area (Å²) in [6.45, 7) is 11.4. The van der Waals surface area contributed by atoms with E-state index in [0.717, 1.165) is 19.7 Å². The van der Waals surface area contributed by atoms with Crippen molar-refractivity contribution in [1.29, 1.82) is 0 Å². The van der Waals surface area contributed by atoms with Crippen LogP contribution in [0.15, 0.2) is 24.3 Å². The van der Waals surface area contributed by atoms with E-state index in [4.69, 9.17) is 10.5 Å². The maximum absolute atomic E-state index is 6.38. The van der Waals surface area contributed by atoms with Gasteiger partial charge in [0, 0.05) is 25.2 Å².